The zero-order valence-corrected chi connectivity index (χ0v) is 28.9. The first-order valence-corrected chi connectivity index (χ1v) is 17.7. The summed E-state index contributed by atoms with van der Waals surface area (Å²) in [5.74, 6) is 0. The molecule has 254 valence electrons. The van der Waals surface area contributed by atoms with Gasteiger partial charge in [0.05, 0.1) is 22.8 Å². The van der Waals surface area contributed by atoms with Gasteiger partial charge >= 0.3 is 0 Å². The number of rotatable bonds is 7. The second-order valence-corrected chi connectivity index (χ2v) is 13.2. The number of aromatic nitrogens is 4. The van der Waals surface area contributed by atoms with Gasteiger partial charge in [0.15, 0.2) is 12.8 Å². The maximum Gasteiger partial charge on any atom is 0.181 e. The lowest BCUT2D eigenvalue weighted by molar-refractivity contribution is 0.558. The van der Waals surface area contributed by atoms with Crippen molar-refractivity contribution in [3.63, 3.8) is 0 Å². The van der Waals surface area contributed by atoms with Crippen LogP contribution in [0.25, 0.3) is 100 Å². The molecule has 10 rings (SSSR count). The lowest BCUT2D eigenvalue weighted by atomic mass is 9.86. The molecule has 0 aliphatic carbocycles. The van der Waals surface area contributed by atoms with Crippen molar-refractivity contribution >= 4 is 21.5 Å². The van der Waals surface area contributed by atoms with Crippen LogP contribution in [0, 0.1) is 0 Å². The number of hydrogen-bond donors (Lipinski definition) is 0. The Balaban J connectivity index is 1.27. The molecule has 0 bridgehead atoms. The van der Waals surface area contributed by atoms with Gasteiger partial charge < -0.3 is 8.83 Å². The molecule has 0 saturated heterocycles. The van der Waals surface area contributed by atoms with Crippen LogP contribution < -0.4 is 0 Å². The van der Waals surface area contributed by atoms with Crippen molar-refractivity contribution in [2.45, 2.75) is 0 Å². The van der Waals surface area contributed by atoms with Gasteiger partial charge in [-0.3, -0.25) is 0 Å². The molecule has 54 heavy (non-hydrogen) atoms. The van der Waals surface area contributed by atoms with Gasteiger partial charge in [-0.15, -0.1) is 0 Å². The molecular weight excluding hydrogens is 665 g/mol. The monoisotopic (exact) mass is 694 g/mol. The zero-order chi connectivity index (χ0) is 35.8. The first-order chi connectivity index (χ1) is 26.8. The Bertz CT molecular complexity index is 2860. The predicted octanol–water partition coefficient (Wildman–Crippen LogP) is 12.4. The number of pyridine rings is 2. The minimum absolute atomic E-state index is 0.683. The molecule has 0 aliphatic heterocycles. The highest BCUT2D eigenvalue weighted by Gasteiger charge is 2.20. The van der Waals surface area contributed by atoms with E-state index in [1.165, 1.54) is 23.9 Å². The zero-order valence-electron chi connectivity index (χ0n) is 28.9. The fraction of sp³-hybridized carbons (Fsp3) is 0. The molecule has 0 radical (unpaired) electrons. The van der Waals surface area contributed by atoms with Crippen molar-refractivity contribution in [3.8, 4) is 78.7 Å². The van der Waals surface area contributed by atoms with E-state index in [2.05, 4.69) is 143 Å². The Labute approximate surface area is 311 Å². The van der Waals surface area contributed by atoms with Crippen LogP contribution in [-0.2, 0) is 0 Å². The highest BCUT2D eigenvalue weighted by atomic mass is 16.3. The minimum atomic E-state index is 0.683. The molecule has 0 spiro atoms. The summed E-state index contributed by atoms with van der Waals surface area (Å²) in [5, 5.41) is 4.27. The summed E-state index contributed by atoms with van der Waals surface area (Å²) in [6.45, 7) is 0. The van der Waals surface area contributed by atoms with Crippen LogP contribution >= 0.6 is 0 Å². The van der Waals surface area contributed by atoms with Gasteiger partial charge in [-0.25, -0.2) is 19.9 Å². The molecule has 4 aromatic heterocycles. The van der Waals surface area contributed by atoms with Crippen molar-refractivity contribution in [2.75, 3.05) is 0 Å². The fourth-order valence-electron chi connectivity index (χ4n) is 7.41. The van der Waals surface area contributed by atoms with Crippen molar-refractivity contribution in [3.05, 3.63) is 183 Å². The minimum Gasteiger partial charge on any atom is -0.451 e. The quantitative estimate of drug-likeness (QED) is 0.155. The molecule has 0 amide bonds. The van der Waals surface area contributed by atoms with E-state index in [-0.39, 0.29) is 0 Å². The molecule has 0 saturated carbocycles. The third kappa shape index (κ3) is 5.63. The Hall–Kier alpha value is -7.44. The van der Waals surface area contributed by atoms with Gasteiger partial charge in [-0.05, 0) is 103 Å². The van der Waals surface area contributed by atoms with Gasteiger partial charge in [0.1, 0.15) is 23.9 Å². The molecular formula is C48H30N4O2. The first kappa shape index (κ1) is 31.3. The van der Waals surface area contributed by atoms with E-state index in [9.17, 15) is 0 Å². The Morgan fingerprint density at radius 1 is 0.296 bits per heavy atom. The van der Waals surface area contributed by atoms with Crippen LogP contribution in [0.1, 0.15) is 0 Å². The molecule has 4 heterocycles. The topological polar surface area (TPSA) is 77.8 Å². The van der Waals surface area contributed by atoms with Crippen molar-refractivity contribution in [1.82, 2.24) is 19.9 Å². The van der Waals surface area contributed by atoms with E-state index in [4.69, 9.17) is 18.8 Å². The normalized spacial score (nSPS) is 11.3. The molecule has 6 nitrogen and oxygen atoms in total. The Kier molecular flexibility index (Phi) is 7.69. The molecule has 0 unspecified atom stereocenters. The summed E-state index contributed by atoms with van der Waals surface area (Å²) in [6, 6.07) is 55.4. The molecule has 6 heteroatoms. The number of fused-ring (bicyclic) bond motifs is 2. The molecule has 0 N–H and O–H groups in total. The molecule has 6 aromatic carbocycles. The van der Waals surface area contributed by atoms with Crippen LogP contribution in [0.2, 0.25) is 0 Å². The van der Waals surface area contributed by atoms with Crippen molar-refractivity contribution in [1.29, 1.82) is 0 Å². The third-order valence-corrected chi connectivity index (χ3v) is 9.90. The lowest BCUT2D eigenvalue weighted by Crippen LogP contribution is -1.96. The first-order valence-electron chi connectivity index (χ1n) is 17.7. The van der Waals surface area contributed by atoms with Gasteiger partial charge in [0.25, 0.3) is 0 Å². The second kappa shape index (κ2) is 13.3. The third-order valence-electron chi connectivity index (χ3n) is 9.90. The number of benzene rings is 6. The van der Waals surface area contributed by atoms with Crippen LogP contribution in [-0.4, -0.2) is 19.9 Å². The van der Waals surface area contributed by atoms with Crippen LogP contribution in [0.3, 0.4) is 0 Å². The van der Waals surface area contributed by atoms with E-state index < -0.39 is 0 Å². The maximum atomic E-state index is 5.34. The summed E-state index contributed by atoms with van der Waals surface area (Å²) in [7, 11) is 0. The molecule has 0 atom stereocenters. The summed E-state index contributed by atoms with van der Waals surface area (Å²) >= 11 is 0. The number of oxazole rings is 2. The average Bonchev–Trinajstić information content (AvgIpc) is 4.00. The van der Waals surface area contributed by atoms with E-state index in [1.54, 1.807) is 12.5 Å². The largest absolute Gasteiger partial charge is 0.451 e. The van der Waals surface area contributed by atoms with Crippen molar-refractivity contribution in [2.24, 2.45) is 0 Å². The average molecular weight is 695 g/mol. The molecule has 0 fully saturated rings. The van der Waals surface area contributed by atoms with E-state index >= 15 is 0 Å². The van der Waals surface area contributed by atoms with E-state index in [0.717, 1.165) is 77.7 Å². The standard InChI is InChI=1S/C48H30N4O2/c1-3-11-31(12-4-1)34-23-35(32-13-5-2-6-14-32)25-36(24-34)33-21-22-39-40(26-33)48(44-20-10-18-42(52-44)46-28-54-30-50-46)38-16-8-7-15-37(38)47(39)43-19-9-17-41(51-43)45-27-53-29-49-45/h1-30H. The molecule has 0 aliphatic rings. The highest BCUT2D eigenvalue weighted by molar-refractivity contribution is 6.21. The summed E-state index contributed by atoms with van der Waals surface area (Å²) in [5.41, 5.74) is 13.5. The summed E-state index contributed by atoms with van der Waals surface area (Å²) < 4.78 is 10.7. The van der Waals surface area contributed by atoms with Gasteiger partial charge in [0, 0.05) is 11.1 Å². The van der Waals surface area contributed by atoms with Gasteiger partial charge in [0.2, 0.25) is 0 Å². The van der Waals surface area contributed by atoms with Crippen molar-refractivity contribution < 1.29 is 8.83 Å². The fourth-order valence-corrected chi connectivity index (χ4v) is 7.41. The molecule has 10 aromatic rings. The summed E-state index contributed by atoms with van der Waals surface area (Å²) in [4.78, 5) is 19.1. The Morgan fingerprint density at radius 2 is 0.741 bits per heavy atom. The maximum absolute atomic E-state index is 5.34. The van der Waals surface area contributed by atoms with Gasteiger partial charge in [-0.1, -0.05) is 109 Å². The number of nitrogens with zero attached hydrogens (tertiary/aromatic N) is 4. The smallest absolute Gasteiger partial charge is 0.181 e. The summed E-state index contributed by atoms with van der Waals surface area (Å²) in [6.07, 6.45) is 6.11. The van der Waals surface area contributed by atoms with Crippen LogP contribution in [0.15, 0.2) is 192 Å². The van der Waals surface area contributed by atoms with E-state index in [0.29, 0.717) is 11.4 Å². The predicted molar refractivity (Wildman–Crippen MR) is 215 cm³/mol. The van der Waals surface area contributed by atoms with E-state index in [1.807, 2.05) is 24.3 Å². The van der Waals surface area contributed by atoms with Gasteiger partial charge in [-0.2, -0.15) is 0 Å². The Morgan fingerprint density at radius 3 is 1.24 bits per heavy atom. The van der Waals surface area contributed by atoms with Crippen LogP contribution in [0.5, 0.6) is 0 Å². The highest BCUT2D eigenvalue weighted by Crippen LogP contribution is 2.45. The lowest BCUT2D eigenvalue weighted by Gasteiger charge is -2.19. The number of hydrogen-bond acceptors (Lipinski definition) is 6. The second-order valence-electron chi connectivity index (χ2n) is 13.2. The SMILES string of the molecule is c1ccc(-c2cc(-c3ccccc3)cc(-c3ccc4c(-c5cccc(-c6cocn6)n5)c5ccccc5c(-c5cccc(-c6cocn6)n5)c4c3)c2)cc1. The van der Waals surface area contributed by atoms with Crippen LogP contribution in [0.4, 0.5) is 0 Å².